The molecule has 1 saturated heterocycles. The van der Waals surface area contributed by atoms with Gasteiger partial charge in [0.1, 0.15) is 10.0 Å². The third-order valence-corrected chi connectivity index (χ3v) is 9.22. The van der Waals surface area contributed by atoms with Crippen LogP contribution in [0.5, 0.6) is 0 Å². The Morgan fingerprint density at radius 3 is 2.39 bits per heavy atom. The minimum Gasteiger partial charge on any atom is -0.290 e. The van der Waals surface area contributed by atoms with Gasteiger partial charge in [0.05, 0.1) is 15.5 Å². The molecule has 0 aliphatic carbocycles. The first kappa shape index (κ1) is 26.3. The van der Waals surface area contributed by atoms with Crippen molar-refractivity contribution >= 4 is 50.3 Å². The maximum absolute atomic E-state index is 13.2. The minimum absolute atomic E-state index is 0.0446. The highest BCUT2D eigenvalue weighted by Crippen LogP contribution is 2.36. The Morgan fingerprint density at radius 2 is 1.78 bits per heavy atom. The predicted octanol–water partition coefficient (Wildman–Crippen LogP) is 5.18. The van der Waals surface area contributed by atoms with Gasteiger partial charge in [-0.3, -0.25) is 9.69 Å². The zero-order valence-corrected chi connectivity index (χ0v) is 23.0. The Hall–Kier alpha value is -2.79. The van der Waals surface area contributed by atoms with Crippen LogP contribution in [0.25, 0.3) is 23.0 Å². The second kappa shape index (κ2) is 10.7. The van der Waals surface area contributed by atoms with Gasteiger partial charge in [-0.05, 0) is 44.2 Å². The standard InChI is InChI=1S/C26H28N4O3S3/c1-5-28(6-2)36(32,33)22-14-10-11-19(15-22)24-20(17-29(27-24)21-12-8-7-9-13-21)16-23-25(31)30(18(3)4)26(34)35-23/h7-18H,5-6H2,1-4H3/b23-16-. The molecule has 0 radical (unpaired) electrons. The number of carbonyl (C=O) groups excluding carboxylic acids is 1. The monoisotopic (exact) mass is 540 g/mol. The molecule has 0 unspecified atom stereocenters. The maximum atomic E-state index is 13.2. The predicted molar refractivity (Wildman–Crippen MR) is 149 cm³/mol. The molecule has 188 valence electrons. The largest absolute Gasteiger partial charge is 0.290 e. The van der Waals surface area contributed by atoms with Gasteiger partial charge in [0, 0.05) is 36.5 Å². The number of thiocarbonyl (C=S) groups is 1. The molecule has 1 fully saturated rings. The van der Waals surface area contributed by atoms with Crippen LogP contribution in [0.4, 0.5) is 0 Å². The van der Waals surface area contributed by atoms with Gasteiger partial charge in [-0.2, -0.15) is 9.40 Å². The molecule has 1 amide bonds. The summed E-state index contributed by atoms with van der Waals surface area (Å²) in [6.45, 7) is 8.25. The fourth-order valence-corrected chi connectivity index (χ4v) is 7.03. The number of rotatable bonds is 8. The molecule has 3 aromatic rings. The van der Waals surface area contributed by atoms with Gasteiger partial charge < -0.3 is 0 Å². The summed E-state index contributed by atoms with van der Waals surface area (Å²) >= 11 is 6.70. The summed E-state index contributed by atoms with van der Waals surface area (Å²) in [6.07, 6.45) is 3.63. The van der Waals surface area contributed by atoms with Crippen molar-refractivity contribution in [2.24, 2.45) is 0 Å². The third-order valence-electron chi connectivity index (χ3n) is 5.84. The summed E-state index contributed by atoms with van der Waals surface area (Å²) in [5.41, 5.74) is 2.76. The summed E-state index contributed by atoms with van der Waals surface area (Å²) in [5, 5.41) is 4.80. The fraction of sp³-hybridized carbons (Fsp3) is 0.269. The number of carbonyl (C=O) groups is 1. The van der Waals surface area contributed by atoms with Crippen molar-refractivity contribution in [1.29, 1.82) is 0 Å². The van der Waals surface area contributed by atoms with Gasteiger partial charge in [-0.25, -0.2) is 13.1 Å². The number of hydrogen-bond acceptors (Lipinski definition) is 6. The topological polar surface area (TPSA) is 75.5 Å². The average molecular weight is 541 g/mol. The van der Waals surface area contributed by atoms with E-state index in [4.69, 9.17) is 17.3 Å². The van der Waals surface area contributed by atoms with E-state index in [1.54, 1.807) is 33.9 Å². The molecule has 0 N–H and O–H groups in total. The summed E-state index contributed by atoms with van der Waals surface area (Å²) in [5.74, 6) is -0.142. The maximum Gasteiger partial charge on any atom is 0.266 e. The van der Waals surface area contributed by atoms with Gasteiger partial charge in [0.25, 0.3) is 5.91 Å². The van der Waals surface area contributed by atoms with Crippen molar-refractivity contribution in [3.05, 3.63) is 71.3 Å². The number of benzene rings is 2. The Morgan fingerprint density at radius 1 is 1.08 bits per heavy atom. The zero-order chi connectivity index (χ0) is 26.0. The highest BCUT2D eigenvalue weighted by atomic mass is 32.2. The van der Waals surface area contributed by atoms with Crippen molar-refractivity contribution in [2.75, 3.05) is 13.1 Å². The number of para-hydroxylation sites is 1. The minimum atomic E-state index is -3.64. The Kier molecular flexibility index (Phi) is 7.79. The fourth-order valence-electron chi connectivity index (χ4n) is 4.01. The van der Waals surface area contributed by atoms with Crippen LogP contribution in [0.15, 0.2) is 70.6 Å². The quantitative estimate of drug-likeness (QED) is 0.290. The Balaban J connectivity index is 1.85. The number of hydrogen-bond donors (Lipinski definition) is 0. The van der Waals surface area contributed by atoms with Gasteiger partial charge in [-0.1, -0.05) is 68.2 Å². The highest BCUT2D eigenvalue weighted by Gasteiger charge is 2.34. The van der Waals surface area contributed by atoms with Crippen molar-refractivity contribution in [3.8, 4) is 16.9 Å². The first-order valence-electron chi connectivity index (χ1n) is 11.7. The SMILES string of the molecule is CCN(CC)S(=O)(=O)c1cccc(-c2nn(-c3ccccc3)cc2/C=C2\SC(=S)N(C(C)C)C2=O)c1. The molecule has 2 aromatic carbocycles. The first-order valence-corrected chi connectivity index (χ1v) is 14.4. The lowest BCUT2D eigenvalue weighted by Gasteiger charge is -2.18. The zero-order valence-electron chi connectivity index (χ0n) is 20.6. The molecule has 36 heavy (non-hydrogen) atoms. The second-order valence-corrected chi connectivity index (χ2v) is 12.1. The lowest BCUT2D eigenvalue weighted by atomic mass is 10.1. The van der Waals surface area contributed by atoms with E-state index in [1.807, 2.05) is 70.3 Å². The van der Waals surface area contributed by atoms with Crippen molar-refractivity contribution in [1.82, 2.24) is 19.0 Å². The van der Waals surface area contributed by atoms with E-state index in [2.05, 4.69) is 0 Å². The summed E-state index contributed by atoms with van der Waals surface area (Å²) < 4.78 is 30.0. The third kappa shape index (κ3) is 5.04. The van der Waals surface area contributed by atoms with Crippen LogP contribution >= 0.6 is 24.0 Å². The van der Waals surface area contributed by atoms with Crippen LogP contribution in [-0.2, 0) is 14.8 Å². The molecule has 4 rings (SSSR count). The van der Waals surface area contributed by atoms with Crippen LogP contribution in [-0.4, -0.2) is 56.8 Å². The molecule has 10 heteroatoms. The summed E-state index contributed by atoms with van der Waals surface area (Å²) in [7, 11) is -3.64. The number of sulfonamides is 1. The first-order chi connectivity index (χ1) is 17.2. The van der Waals surface area contributed by atoms with Gasteiger partial charge in [0.2, 0.25) is 10.0 Å². The molecule has 1 aliphatic heterocycles. The van der Waals surface area contributed by atoms with Crippen LogP contribution < -0.4 is 0 Å². The lowest BCUT2D eigenvalue weighted by molar-refractivity contribution is -0.123. The Labute approximate surface area is 221 Å². The highest BCUT2D eigenvalue weighted by molar-refractivity contribution is 8.26. The van der Waals surface area contributed by atoms with Crippen molar-refractivity contribution in [2.45, 2.75) is 38.6 Å². The van der Waals surface area contributed by atoms with E-state index in [0.717, 1.165) is 5.69 Å². The molecule has 1 aromatic heterocycles. The molecule has 0 bridgehead atoms. The van der Waals surface area contributed by atoms with E-state index in [9.17, 15) is 13.2 Å². The number of thioether (sulfide) groups is 1. The molecular weight excluding hydrogens is 513 g/mol. The molecular formula is C26H28N4O3S3. The van der Waals surface area contributed by atoms with E-state index in [0.29, 0.717) is 39.1 Å². The smallest absolute Gasteiger partial charge is 0.266 e. The average Bonchev–Trinajstić information content (AvgIpc) is 3.40. The van der Waals surface area contributed by atoms with Crippen LogP contribution in [0.3, 0.4) is 0 Å². The summed E-state index contributed by atoms with van der Waals surface area (Å²) in [4.78, 5) is 15.4. The normalized spacial score (nSPS) is 15.6. The van der Waals surface area contributed by atoms with E-state index < -0.39 is 10.0 Å². The van der Waals surface area contributed by atoms with Crippen molar-refractivity contribution < 1.29 is 13.2 Å². The molecule has 2 heterocycles. The van der Waals surface area contributed by atoms with Crippen LogP contribution in [0.2, 0.25) is 0 Å². The number of amides is 1. The van der Waals surface area contributed by atoms with Gasteiger partial charge >= 0.3 is 0 Å². The lowest BCUT2D eigenvalue weighted by Crippen LogP contribution is -2.34. The molecule has 0 saturated carbocycles. The van der Waals surface area contributed by atoms with E-state index in [-0.39, 0.29) is 16.8 Å². The van der Waals surface area contributed by atoms with Crippen molar-refractivity contribution in [3.63, 3.8) is 0 Å². The molecule has 7 nitrogen and oxygen atoms in total. The number of nitrogens with zero attached hydrogens (tertiary/aromatic N) is 4. The second-order valence-electron chi connectivity index (χ2n) is 8.48. The molecule has 0 atom stereocenters. The molecule has 0 spiro atoms. The van der Waals surface area contributed by atoms with E-state index in [1.165, 1.54) is 16.1 Å². The van der Waals surface area contributed by atoms with Crippen LogP contribution in [0.1, 0.15) is 33.3 Å². The Bertz CT molecular complexity index is 1430. The van der Waals surface area contributed by atoms with Crippen LogP contribution in [0, 0.1) is 0 Å². The number of aromatic nitrogens is 2. The van der Waals surface area contributed by atoms with Gasteiger partial charge in [-0.15, -0.1) is 0 Å². The van der Waals surface area contributed by atoms with Gasteiger partial charge in [0.15, 0.2) is 0 Å². The van der Waals surface area contributed by atoms with E-state index >= 15 is 0 Å². The molecule has 1 aliphatic rings. The summed E-state index contributed by atoms with van der Waals surface area (Å²) in [6, 6.07) is 16.4.